The number of carbonyl (C=O) groups is 1. The zero-order valence-electron chi connectivity index (χ0n) is 10.9. The van der Waals surface area contributed by atoms with Crippen molar-refractivity contribution in [3.05, 3.63) is 23.8 Å². The molecule has 3 N–H and O–H groups in total. The van der Waals surface area contributed by atoms with Crippen LogP contribution in [0.5, 0.6) is 11.5 Å². The number of nitrogens with two attached hydrogens (primary N) is 1. The van der Waals surface area contributed by atoms with E-state index in [2.05, 4.69) is 0 Å². The average Bonchev–Trinajstić information content (AvgIpc) is 2.35. The minimum Gasteiger partial charge on any atom is -0.493 e. The van der Waals surface area contributed by atoms with Crippen LogP contribution in [0.25, 0.3) is 0 Å². The highest BCUT2D eigenvalue weighted by molar-refractivity contribution is 5.73. The Kier molecular flexibility index (Phi) is 4.55. The lowest BCUT2D eigenvalue weighted by atomic mass is 9.95. The Labute approximate surface area is 107 Å². The number of aliphatic carboxylic acids is 1. The minimum absolute atomic E-state index is 0.0622. The van der Waals surface area contributed by atoms with E-state index >= 15 is 0 Å². The van der Waals surface area contributed by atoms with Gasteiger partial charge in [-0.15, -0.1) is 0 Å². The van der Waals surface area contributed by atoms with Gasteiger partial charge < -0.3 is 20.3 Å². The van der Waals surface area contributed by atoms with Gasteiger partial charge in [-0.05, 0) is 31.5 Å². The van der Waals surface area contributed by atoms with Crippen LogP contribution in [0.15, 0.2) is 18.2 Å². The second-order valence-corrected chi connectivity index (χ2v) is 4.67. The van der Waals surface area contributed by atoms with Crippen molar-refractivity contribution >= 4 is 5.97 Å². The molecule has 0 aliphatic carbocycles. The van der Waals surface area contributed by atoms with E-state index in [4.69, 9.17) is 20.3 Å². The molecule has 0 saturated heterocycles. The predicted octanol–water partition coefficient (Wildman–Crippen LogP) is 1.64. The molecular weight excluding hydrogens is 234 g/mol. The SMILES string of the molecule is COc1ccc(CN)cc1OCC(C)(C)C(=O)O. The summed E-state index contributed by atoms with van der Waals surface area (Å²) in [4.78, 5) is 11.0. The lowest BCUT2D eigenvalue weighted by Crippen LogP contribution is -2.30. The lowest BCUT2D eigenvalue weighted by molar-refractivity contribution is -0.148. The summed E-state index contributed by atoms with van der Waals surface area (Å²) in [7, 11) is 1.53. The molecule has 0 unspecified atom stereocenters. The third-order valence-corrected chi connectivity index (χ3v) is 2.63. The average molecular weight is 253 g/mol. The lowest BCUT2D eigenvalue weighted by Gasteiger charge is -2.20. The fraction of sp³-hybridized carbons (Fsp3) is 0.462. The minimum atomic E-state index is -0.955. The number of carboxylic acid groups (broad SMARTS) is 1. The topological polar surface area (TPSA) is 81.8 Å². The molecule has 1 aromatic rings. The Bertz CT molecular complexity index is 429. The fourth-order valence-electron chi connectivity index (χ4n) is 1.28. The van der Waals surface area contributed by atoms with Gasteiger partial charge >= 0.3 is 5.97 Å². The van der Waals surface area contributed by atoms with Gasteiger partial charge in [-0.1, -0.05) is 6.07 Å². The predicted molar refractivity (Wildman–Crippen MR) is 67.8 cm³/mol. The van der Waals surface area contributed by atoms with Crippen LogP contribution in [0.3, 0.4) is 0 Å². The Hall–Kier alpha value is -1.75. The summed E-state index contributed by atoms with van der Waals surface area (Å²) in [6.07, 6.45) is 0. The first-order valence-corrected chi connectivity index (χ1v) is 5.64. The molecule has 0 aromatic heterocycles. The maximum Gasteiger partial charge on any atom is 0.312 e. The third kappa shape index (κ3) is 3.37. The molecule has 0 aliphatic rings. The van der Waals surface area contributed by atoms with E-state index in [9.17, 15) is 4.79 Å². The van der Waals surface area contributed by atoms with Crippen molar-refractivity contribution in [2.75, 3.05) is 13.7 Å². The van der Waals surface area contributed by atoms with Crippen LogP contribution in [0, 0.1) is 5.41 Å². The summed E-state index contributed by atoms with van der Waals surface area (Å²) < 4.78 is 10.7. The van der Waals surface area contributed by atoms with E-state index in [0.717, 1.165) is 5.56 Å². The highest BCUT2D eigenvalue weighted by atomic mass is 16.5. The molecule has 0 saturated carbocycles. The summed E-state index contributed by atoms with van der Waals surface area (Å²) in [6, 6.07) is 5.36. The van der Waals surface area contributed by atoms with Crippen LogP contribution in [-0.2, 0) is 11.3 Å². The van der Waals surface area contributed by atoms with Gasteiger partial charge in [0.05, 0.1) is 12.5 Å². The Morgan fingerprint density at radius 1 is 1.39 bits per heavy atom. The molecule has 1 rings (SSSR count). The van der Waals surface area contributed by atoms with E-state index < -0.39 is 11.4 Å². The van der Waals surface area contributed by atoms with E-state index in [1.807, 2.05) is 6.07 Å². The highest BCUT2D eigenvalue weighted by Gasteiger charge is 2.28. The Morgan fingerprint density at radius 3 is 2.56 bits per heavy atom. The number of methoxy groups -OCH3 is 1. The molecule has 100 valence electrons. The van der Waals surface area contributed by atoms with E-state index in [1.165, 1.54) is 7.11 Å². The first-order chi connectivity index (χ1) is 8.40. The van der Waals surface area contributed by atoms with Crippen molar-refractivity contribution in [1.29, 1.82) is 0 Å². The highest BCUT2D eigenvalue weighted by Crippen LogP contribution is 2.29. The van der Waals surface area contributed by atoms with Crippen molar-refractivity contribution in [1.82, 2.24) is 0 Å². The molecule has 0 radical (unpaired) electrons. The van der Waals surface area contributed by atoms with Gasteiger partial charge in [0.2, 0.25) is 0 Å². The second kappa shape index (κ2) is 5.73. The second-order valence-electron chi connectivity index (χ2n) is 4.67. The van der Waals surface area contributed by atoms with Crippen LogP contribution < -0.4 is 15.2 Å². The number of hydrogen-bond acceptors (Lipinski definition) is 4. The molecule has 0 spiro atoms. The van der Waals surface area contributed by atoms with Crippen molar-refractivity contribution in [2.45, 2.75) is 20.4 Å². The summed E-state index contributed by atoms with van der Waals surface area (Å²) in [5.74, 6) is 0.166. The Morgan fingerprint density at radius 2 is 2.06 bits per heavy atom. The van der Waals surface area contributed by atoms with Gasteiger partial charge in [-0.2, -0.15) is 0 Å². The van der Waals surface area contributed by atoms with Gasteiger partial charge in [0, 0.05) is 6.54 Å². The van der Waals surface area contributed by atoms with Crippen LogP contribution in [0.4, 0.5) is 0 Å². The summed E-state index contributed by atoms with van der Waals surface area (Å²) >= 11 is 0. The molecule has 5 heteroatoms. The zero-order chi connectivity index (χ0) is 13.8. The maximum atomic E-state index is 11.0. The fourth-order valence-corrected chi connectivity index (χ4v) is 1.28. The normalized spacial score (nSPS) is 11.1. The monoisotopic (exact) mass is 253 g/mol. The van der Waals surface area contributed by atoms with Gasteiger partial charge in [0.15, 0.2) is 11.5 Å². The quantitative estimate of drug-likeness (QED) is 0.805. The van der Waals surface area contributed by atoms with Crippen LogP contribution in [-0.4, -0.2) is 24.8 Å². The summed E-state index contributed by atoms with van der Waals surface area (Å²) in [5.41, 5.74) is 5.50. The van der Waals surface area contributed by atoms with Gasteiger partial charge in [-0.3, -0.25) is 4.79 Å². The van der Waals surface area contributed by atoms with Crippen molar-refractivity contribution < 1.29 is 19.4 Å². The van der Waals surface area contributed by atoms with Crippen molar-refractivity contribution in [2.24, 2.45) is 11.1 Å². The Balaban J connectivity index is 2.86. The number of carboxylic acids is 1. The summed E-state index contributed by atoms with van der Waals surface area (Å²) in [6.45, 7) is 3.67. The van der Waals surface area contributed by atoms with Crippen LogP contribution >= 0.6 is 0 Å². The number of benzene rings is 1. The standard InChI is InChI=1S/C13H19NO4/c1-13(2,12(15)16)8-18-11-6-9(7-14)4-5-10(11)17-3/h4-6H,7-8,14H2,1-3H3,(H,15,16). The number of hydrogen-bond donors (Lipinski definition) is 2. The molecule has 18 heavy (non-hydrogen) atoms. The first kappa shape index (κ1) is 14.3. The van der Waals surface area contributed by atoms with Gasteiger partial charge in [0.1, 0.15) is 6.61 Å². The molecule has 1 aromatic carbocycles. The van der Waals surface area contributed by atoms with Crippen LogP contribution in [0.1, 0.15) is 19.4 Å². The van der Waals surface area contributed by atoms with Gasteiger partial charge in [-0.25, -0.2) is 0 Å². The molecule has 0 aliphatic heterocycles. The molecular formula is C13H19NO4. The molecule has 0 fully saturated rings. The van der Waals surface area contributed by atoms with E-state index in [-0.39, 0.29) is 6.61 Å². The van der Waals surface area contributed by atoms with Crippen molar-refractivity contribution in [3.8, 4) is 11.5 Å². The molecule has 0 bridgehead atoms. The molecule has 0 atom stereocenters. The molecule has 5 nitrogen and oxygen atoms in total. The van der Waals surface area contributed by atoms with E-state index in [0.29, 0.717) is 18.0 Å². The van der Waals surface area contributed by atoms with E-state index in [1.54, 1.807) is 26.0 Å². The number of ether oxygens (including phenoxy) is 2. The largest absolute Gasteiger partial charge is 0.493 e. The molecule has 0 heterocycles. The summed E-state index contributed by atoms with van der Waals surface area (Å²) in [5, 5.41) is 9.02. The molecule has 0 amide bonds. The number of rotatable bonds is 6. The zero-order valence-corrected chi connectivity index (χ0v) is 10.9. The van der Waals surface area contributed by atoms with Crippen LogP contribution in [0.2, 0.25) is 0 Å². The van der Waals surface area contributed by atoms with Crippen molar-refractivity contribution in [3.63, 3.8) is 0 Å². The third-order valence-electron chi connectivity index (χ3n) is 2.63. The first-order valence-electron chi connectivity index (χ1n) is 5.64. The van der Waals surface area contributed by atoms with Gasteiger partial charge in [0.25, 0.3) is 0 Å². The smallest absolute Gasteiger partial charge is 0.312 e. The maximum absolute atomic E-state index is 11.0.